The number of benzene rings is 2. The summed E-state index contributed by atoms with van der Waals surface area (Å²) in [4.78, 5) is 18.1. The summed E-state index contributed by atoms with van der Waals surface area (Å²) in [5.41, 5.74) is 5.95. The first-order valence-electron chi connectivity index (χ1n) is 9.11. The van der Waals surface area contributed by atoms with Gasteiger partial charge in [0.05, 0.1) is 0 Å². The number of carbonyl (C=O) groups excluding carboxylic acids is 1. The molecule has 4 heteroatoms. The first-order valence-corrected chi connectivity index (χ1v) is 9.92. The Morgan fingerprint density at radius 3 is 2.65 bits per heavy atom. The van der Waals surface area contributed by atoms with Crippen molar-refractivity contribution in [2.45, 2.75) is 39.0 Å². The van der Waals surface area contributed by atoms with E-state index in [1.807, 2.05) is 18.3 Å². The molecule has 26 heavy (non-hydrogen) atoms. The van der Waals surface area contributed by atoms with Crippen molar-refractivity contribution in [1.82, 2.24) is 4.98 Å². The van der Waals surface area contributed by atoms with E-state index in [4.69, 9.17) is 0 Å². The predicted molar refractivity (Wildman–Crippen MR) is 107 cm³/mol. The van der Waals surface area contributed by atoms with Gasteiger partial charge in [-0.1, -0.05) is 35.9 Å². The van der Waals surface area contributed by atoms with Crippen molar-refractivity contribution in [3.8, 4) is 0 Å². The van der Waals surface area contributed by atoms with E-state index >= 15 is 0 Å². The van der Waals surface area contributed by atoms with Gasteiger partial charge in [0.2, 0.25) is 0 Å². The Hall–Kier alpha value is -2.46. The van der Waals surface area contributed by atoms with Crippen LogP contribution in [0.3, 0.4) is 0 Å². The van der Waals surface area contributed by atoms with Gasteiger partial charge in [0, 0.05) is 23.1 Å². The average molecular weight is 362 g/mol. The minimum Gasteiger partial charge on any atom is -0.298 e. The van der Waals surface area contributed by atoms with Crippen LogP contribution in [-0.4, -0.2) is 10.9 Å². The molecular weight excluding hydrogens is 340 g/mol. The number of rotatable bonds is 4. The lowest BCUT2D eigenvalue weighted by molar-refractivity contribution is 0.102. The highest BCUT2D eigenvalue weighted by atomic mass is 32.1. The van der Waals surface area contributed by atoms with E-state index in [0.717, 1.165) is 29.7 Å². The van der Waals surface area contributed by atoms with Gasteiger partial charge in [-0.15, -0.1) is 11.3 Å². The molecule has 1 aliphatic carbocycles. The lowest BCUT2D eigenvalue weighted by atomic mass is 9.90. The lowest BCUT2D eigenvalue weighted by Gasteiger charge is -2.16. The molecule has 3 nitrogen and oxygen atoms in total. The van der Waals surface area contributed by atoms with Crippen LogP contribution in [0.4, 0.5) is 5.13 Å². The predicted octanol–water partition coefficient (Wildman–Crippen LogP) is 5.17. The number of amides is 1. The van der Waals surface area contributed by atoms with Crippen LogP contribution in [0.1, 0.15) is 50.3 Å². The largest absolute Gasteiger partial charge is 0.298 e. The molecule has 0 saturated heterocycles. The van der Waals surface area contributed by atoms with E-state index in [0.29, 0.717) is 5.13 Å². The maximum Gasteiger partial charge on any atom is 0.257 e. The highest BCUT2D eigenvalue weighted by molar-refractivity contribution is 7.15. The molecule has 4 rings (SSSR count). The number of hydrogen-bond donors (Lipinski definition) is 1. The van der Waals surface area contributed by atoms with Crippen LogP contribution in [0.25, 0.3) is 0 Å². The van der Waals surface area contributed by atoms with Gasteiger partial charge in [-0.2, -0.15) is 0 Å². The summed E-state index contributed by atoms with van der Waals surface area (Å²) in [5, 5.41) is 3.61. The molecule has 1 heterocycles. The number of thiazole rings is 1. The number of nitrogens with one attached hydrogen (secondary N) is 1. The summed E-state index contributed by atoms with van der Waals surface area (Å²) in [7, 11) is 0. The van der Waals surface area contributed by atoms with E-state index in [2.05, 4.69) is 47.6 Å². The zero-order valence-electron chi connectivity index (χ0n) is 14.9. The number of aromatic nitrogens is 1. The number of hydrogen-bond acceptors (Lipinski definition) is 3. The summed E-state index contributed by atoms with van der Waals surface area (Å²) in [5.74, 6) is -0.0744. The molecule has 0 atom stereocenters. The smallest absolute Gasteiger partial charge is 0.257 e. The minimum atomic E-state index is -0.0744. The molecular formula is C22H22N2OS. The summed E-state index contributed by atoms with van der Waals surface area (Å²) in [6.07, 6.45) is 7.37. The summed E-state index contributed by atoms with van der Waals surface area (Å²) >= 11 is 1.54. The summed E-state index contributed by atoms with van der Waals surface area (Å²) in [6.45, 7) is 2.09. The molecule has 132 valence electrons. The third-order valence-electron chi connectivity index (χ3n) is 4.88. The van der Waals surface area contributed by atoms with Crippen molar-refractivity contribution in [2.24, 2.45) is 0 Å². The Bertz CT molecular complexity index is 928. The van der Waals surface area contributed by atoms with Crippen LogP contribution in [-0.2, 0) is 19.3 Å². The highest BCUT2D eigenvalue weighted by Crippen LogP contribution is 2.24. The molecule has 0 aliphatic heterocycles. The van der Waals surface area contributed by atoms with Crippen molar-refractivity contribution in [3.05, 3.63) is 81.4 Å². The van der Waals surface area contributed by atoms with Gasteiger partial charge >= 0.3 is 0 Å². The topological polar surface area (TPSA) is 42.0 Å². The van der Waals surface area contributed by atoms with Gasteiger partial charge in [0.25, 0.3) is 5.91 Å². The number of anilines is 1. The number of fused-ring (bicyclic) bond motifs is 1. The van der Waals surface area contributed by atoms with E-state index in [9.17, 15) is 4.79 Å². The molecule has 0 saturated carbocycles. The molecule has 0 unspecified atom stereocenters. The second kappa shape index (κ2) is 7.42. The summed E-state index contributed by atoms with van der Waals surface area (Å²) < 4.78 is 0. The molecule has 0 fully saturated rings. The molecule has 1 amide bonds. The third kappa shape index (κ3) is 3.86. The van der Waals surface area contributed by atoms with Gasteiger partial charge in [0.15, 0.2) is 5.13 Å². The maximum atomic E-state index is 12.6. The molecule has 0 spiro atoms. The van der Waals surface area contributed by atoms with Crippen molar-refractivity contribution in [3.63, 3.8) is 0 Å². The molecule has 3 aromatic rings. The van der Waals surface area contributed by atoms with Crippen LogP contribution in [0.15, 0.2) is 48.7 Å². The van der Waals surface area contributed by atoms with Crippen molar-refractivity contribution < 1.29 is 4.79 Å². The fourth-order valence-electron chi connectivity index (χ4n) is 3.40. The molecule has 1 aliphatic rings. The maximum absolute atomic E-state index is 12.6. The van der Waals surface area contributed by atoms with Crippen LogP contribution < -0.4 is 5.32 Å². The van der Waals surface area contributed by atoms with Crippen LogP contribution in [0.2, 0.25) is 0 Å². The van der Waals surface area contributed by atoms with E-state index in [1.165, 1.54) is 35.1 Å². The Balaban J connectivity index is 1.43. The first kappa shape index (κ1) is 17.0. The quantitative estimate of drug-likeness (QED) is 0.695. The molecule has 2 aromatic carbocycles. The second-order valence-corrected chi connectivity index (χ2v) is 8.05. The Morgan fingerprint density at radius 2 is 1.85 bits per heavy atom. The third-order valence-corrected chi connectivity index (χ3v) is 5.80. The standard InChI is InChI=1S/C22H22N2OS/c1-15-6-8-16(9-7-15)12-20-14-23-22(26-20)24-21(25)19-11-10-17-4-2-3-5-18(17)13-19/h6-11,13-14H,2-5,12H2,1H3,(H,23,24,25). The Kier molecular flexibility index (Phi) is 4.85. The van der Waals surface area contributed by atoms with Gasteiger partial charge < -0.3 is 0 Å². The van der Waals surface area contributed by atoms with E-state index in [1.54, 1.807) is 11.3 Å². The second-order valence-electron chi connectivity index (χ2n) is 6.94. The van der Waals surface area contributed by atoms with Crippen molar-refractivity contribution in [2.75, 3.05) is 5.32 Å². The van der Waals surface area contributed by atoms with Gasteiger partial charge in [-0.05, 0) is 61.4 Å². The van der Waals surface area contributed by atoms with E-state index in [-0.39, 0.29) is 5.91 Å². The van der Waals surface area contributed by atoms with Crippen molar-refractivity contribution >= 4 is 22.4 Å². The highest BCUT2D eigenvalue weighted by Gasteiger charge is 2.14. The number of nitrogens with zero attached hydrogens (tertiary/aromatic N) is 1. The SMILES string of the molecule is Cc1ccc(Cc2cnc(NC(=O)c3ccc4c(c3)CCCC4)s2)cc1. The van der Waals surface area contributed by atoms with Gasteiger partial charge in [-0.3, -0.25) is 10.1 Å². The van der Waals surface area contributed by atoms with Gasteiger partial charge in [-0.25, -0.2) is 4.98 Å². The van der Waals surface area contributed by atoms with Crippen molar-refractivity contribution in [1.29, 1.82) is 0 Å². The fraction of sp³-hybridized carbons (Fsp3) is 0.273. The minimum absolute atomic E-state index is 0.0744. The van der Waals surface area contributed by atoms with Gasteiger partial charge in [0.1, 0.15) is 0 Å². The van der Waals surface area contributed by atoms with Crippen LogP contribution in [0, 0.1) is 6.92 Å². The van der Waals surface area contributed by atoms with E-state index < -0.39 is 0 Å². The first-order chi connectivity index (χ1) is 12.7. The fourth-order valence-corrected chi connectivity index (χ4v) is 4.24. The van der Waals surface area contributed by atoms with Crippen LogP contribution >= 0.6 is 11.3 Å². The Morgan fingerprint density at radius 1 is 1.08 bits per heavy atom. The molecule has 0 radical (unpaired) electrons. The molecule has 1 aromatic heterocycles. The zero-order valence-corrected chi connectivity index (χ0v) is 15.7. The molecule has 0 bridgehead atoms. The number of aryl methyl sites for hydroxylation is 3. The number of carbonyl (C=O) groups is 1. The average Bonchev–Trinajstić information content (AvgIpc) is 3.10. The zero-order chi connectivity index (χ0) is 17.9. The monoisotopic (exact) mass is 362 g/mol. The Labute approximate surface area is 158 Å². The normalized spacial score (nSPS) is 13.3. The lowest BCUT2D eigenvalue weighted by Crippen LogP contribution is -2.13. The summed E-state index contributed by atoms with van der Waals surface area (Å²) in [6, 6.07) is 14.6. The van der Waals surface area contributed by atoms with Crippen LogP contribution in [0.5, 0.6) is 0 Å². The molecule has 1 N–H and O–H groups in total.